The van der Waals surface area contributed by atoms with Crippen molar-refractivity contribution in [3.05, 3.63) is 48.6 Å². The van der Waals surface area contributed by atoms with Gasteiger partial charge in [0.2, 0.25) is 0 Å². The molecule has 14 heavy (non-hydrogen) atoms. The smallest absolute Gasteiger partial charge is 0.0313 e. The highest BCUT2D eigenvalue weighted by Gasteiger charge is 1.83. The van der Waals surface area contributed by atoms with Crippen molar-refractivity contribution in [2.75, 3.05) is 0 Å². The quantitative estimate of drug-likeness (QED) is 0.489. The zero-order chi connectivity index (χ0) is 9.90. The van der Waals surface area contributed by atoms with Crippen LogP contribution in [0.25, 0.3) is 0 Å². The summed E-state index contributed by atoms with van der Waals surface area (Å²) in [5, 5.41) is 0. The Balaban J connectivity index is 2.35. The fourth-order valence-corrected chi connectivity index (χ4v) is 1.43. The molecule has 0 aromatic carbocycles. The van der Waals surface area contributed by atoms with Crippen LogP contribution in [0.15, 0.2) is 48.6 Å². The molecule has 1 aliphatic rings. The van der Waals surface area contributed by atoms with E-state index >= 15 is 0 Å². The Morgan fingerprint density at radius 2 is 0.929 bits per heavy atom. The van der Waals surface area contributed by atoms with Gasteiger partial charge in [0, 0.05) is 0 Å². The maximum atomic E-state index is 2.32. The van der Waals surface area contributed by atoms with Crippen molar-refractivity contribution >= 4 is 0 Å². The van der Waals surface area contributed by atoms with Crippen molar-refractivity contribution in [2.24, 2.45) is 0 Å². The molecule has 0 aromatic heterocycles. The van der Waals surface area contributed by atoms with Crippen LogP contribution in [0.2, 0.25) is 0 Å². The average Bonchev–Trinajstić information content (AvgIpc) is 2.22. The van der Waals surface area contributed by atoms with Gasteiger partial charge in [-0.05, 0) is 38.5 Å². The molecule has 0 bridgehead atoms. The highest BCUT2D eigenvalue weighted by Crippen LogP contribution is 2.03. The third kappa shape index (κ3) is 6.47. The second kappa shape index (κ2) is 8.55. The molecule has 0 saturated carbocycles. The lowest BCUT2D eigenvalue weighted by Gasteiger charge is -1.93. The third-order valence-corrected chi connectivity index (χ3v) is 2.26. The molecule has 0 aliphatic heterocycles. The van der Waals surface area contributed by atoms with E-state index in [1.54, 1.807) is 0 Å². The fourth-order valence-electron chi connectivity index (χ4n) is 1.43. The van der Waals surface area contributed by atoms with Gasteiger partial charge in [-0.2, -0.15) is 0 Å². The Bertz CT molecular complexity index is 228. The number of hydrogen-bond acceptors (Lipinski definition) is 0. The molecular formula is C14H20. The molecule has 0 spiro atoms. The Labute approximate surface area is 87.7 Å². The van der Waals surface area contributed by atoms with E-state index in [0.717, 1.165) is 6.42 Å². The molecule has 0 unspecified atom stereocenters. The van der Waals surface area contributed by atoms with Crippen LogP contribution >= 0.6 is 0 Å². The summed E-state index contributed by atoms with van der Waals surface area (Å²) < 4.78 is 0. The molecule has 0 radical (unpaired) electrons. The standard InChI is InChI=1S/C14H20/c1-2-4-6-8-10-12-14-13-11-9-7-5-3-1/h1-6,11,13H,7-10,12,14H2/b2-1-,5-3+,6-4+,13-11-. The van der Waals surface area contributed by atoms with Crippen LogP contribution in [0.3, 0.4) is 0 Å². The second-order valence-corrected chi connectivity index (χ2v) is 3.57. The van der Waals surface area contributed by atoms with Crippen LogP contribution in [-0.2, 0) is 0 Å². The van der Waals surface area contributed by atoms with E-state index in [1.807, 2.05) is 0 Å². The first kappa shape index (κ1) is 11.0. The van der Waals surface area contributed by atoms with Gasteiger partial charge in [-0.1, -0.05) is 48.6 Å². The van der Waals surface area contributed by atoms with E-state index in [4.69, 9.17) is 0 Å². The van der Waals surface area contributed by atoms with Crippen LogP contribution < -0.4 is 0 Å². The molecule has 0 heterocycles. The number of rotatable bonds is 0. The molecule has 0 amide bonds. The van der Waals surface area contributed by atoms with Gasteiger partial charge in [-0.25, -0.2) is 0 Å². The lowest BCUT2D eigenvalue weighted by Crippen LogP contribution is -1.73. The summed E-state index contributed by atoms with van der Waals surface area (Å²) >= 11 is 0. The zero-order valence-electron chi connectivity index (χ0n) is 8.86. The SMILES string of the molecule is C1=C\C=C\CCCC/C=C\CC/C=C/1. The van der Waals surface area contributed by atoms with Gasteiger partial charge >= 0.3 is 0 Å². The Hall–Kier alpha value is -1.04. The molecule has 0 nitrogen and oxygen atoms in total. The van der Waals surface area contributed by atoms with E-state index in [2.05, 4.69) is 48.6 Å². The molecule has 1 rings (SSSR count). The van der Waals surface area contributed by atoms with E-state index < -0.39 is 0 Å². The lowest BCUT2D eigenvalue weighted by atomic mass is 10.1. The van der Waals surface area contributed by atoms with Gasteiger partial charge in [-0.3, -0.25) is 0 Å². The molecule has 0 atom stereocenters. The fraction of sp³-hybridized carbons (Fsp3) is 0.429. The predicted octanol–water partition coefficient (Wildman–Crippen LogP) is 4.57. The third-order valence-electron chi connectivity index (χ3n) is 2.26. The Morgan fingerprint density at radius 1 is 0.429 bits per heavy atom. The minimum atomic E-state index is 1.16. The average molecular weight is 188 g/mol. The molecule has 76 valence electrons. The molecule has 0 heteroatoms. The largest absolute Gasteiger partial charge is 0.0885 e. The summed E-state index contributed by atoms with van der Waals surface area (Å²) in [7, 11) is 0. The molecule has 0 N–H and O–H groups in total. The summed E-state index contributed by atoms with van der Waals surface area (Å²) in [5.41, 5.74) is 0. The van der Waals surface area contributed by atoms with Crippen molar-refractivity contribution in [1.29, 1.82) is 0 Å². The second-order valence-electron chi connectivity index (χ2n) is 3.57. The van der Waals surface area contributed by atoms with Crippen molar-refractivity contribution < 1.29 is 0 Å². The van der Waals surface area contributed by atoms with Crippen LogP contribution in [0.1, 0.15) is 38.5 Å². The lowest BCUT2D eigenvalue weighted by molar-refractivity contribution is 0.760. The molecule has 0 saturated heterocycles. The minimum Gasteiger partial charge on any atom is -0.0885 e. The van der Waals surface area contributed by atoms with E-state index in [0.29, 0.717) is 0 Å². The topological polar surface area (TPSA) is 0 Å². The van der Waals surface area contributed by atoms with Gasteiger partial charge in [0.15, 0.2) is 0 Å². The number of allylic oxidation sites excluding steroid dienone is 8. The van der Waals surface area contributed by atoms with E-state index in [-0.39, 0.29) is 0 Å². The monoisotopic (exact) mass is 188 g/mol. The van der Waals surface area contributed by atoms with E-state index in [1.165, 1.54) is 32.1 Å². The maximum Gasteiger partial charge on any atom is -0.0313 e. The summed E-state index contributed by atoms with van der Waals surface area (Å²) in [6.07, 6.45) is 25.0. The molecule has 1 aliphatic carbocycles. The molecule has 0 fully saturated rings. The van der Waals surface area contributed by atoms with Crippen molar-refractivity contribution in [3.63, 3.8) is 0 Å². The van der Waals surface area contributed by atoms with Crippen LogP contribution in [0, 0.1) is 0 Å². The van der Waals surface area contributed by atoms with Crippen molar-refractivity contribution in [2.45, 2.75) is 38.5 Å². The van der Waals surface area contributed by atoms with Crippen LogP contribution in [0.5, 0.6) is 0 Å². The van der Waals surface area contributed by atoms with Gasteiger partial charge in [0.1, 0.15) is 0 Å². The predicted molar refractivity (Wildman–Crippen MR) is 64.3 cm³/mol. The Morgan fingerprint density at radius 3 is 1.71 bits per heavy atom. The molecule has 0 aromatic rings. The van der Waals surface area contributed by atoms with Gasteiger partial charge in [0.25, 0.3) is 0 Å². The van der Waals surface area contributed by atoms with Crippen molar-refractivity contribution in [3.8, 4) is 0 Å². The Kier molecular flexibility index (Phi) is 6.74. The normalized spacial score (nSPS) is 28.6. The summed E-state index contributed by atoms with van der Waals surface area (Å²) in [6, 6.07) is 0. The first-order valence-electron chi connectivity index (χ1n) is 5.63. The first-order chi connectivity index (χ1) is 7.00. The van der Waals surface area contributed by atoms with Crippen molar-refractivity contribution in [1.82, 2.24) is 0 Å². The van der Waals surface area contributed by atoms with Gasteiger partial charge in [-0.15, -0.1) is 0 Å². The minimum absolute atomic E-state index is 1.16. The first-order valence-corrected chi connectivity index (χ1v) is 5.63. The number of hydrogen-bond donors (Lipinski definition) is 0. The highest BCUT2D eigenvalue weighted by molar-refractivity contribution is 5.11. The highest BCUT2D eigenvalue weighted by atomic mass is 13.9. The van der Waals surface area contributed by atoms with Crippen LogP contribution in [-0.4, -0.2) is 0 Å². The summed E-state index contributed by atoms with van der Waals surface area (Å²) in [5.74, 6) is 0. The summed E-state index contributed by atoms with van der Waals surface area (Å²) in [4.78, 5) is 0. The summed E-state index contributed by atoms with van der Waals surface area (Å²) in [6.45, 7) is 0. The maximum absolute atomic E-state index is 2.32. The van der Waals surface area contributed by atoms with E-state index in [9.17, 15) is 0 Å². The van der Waals surface area contributed by atoms with Crippen LogP contribution in [0.4, 0.5) is 0 Å². The zero-order valence-corrected chi connectivity index (χ0v) is 8.86. The van der Waals surface area contributed by atoms with Gasteiger partial charge in [0.05, 0.1) is 0 Å². The molecular weight excluding hydrogens is 168 g/mol. The van der Waals surface area contributed by atoms with Gasteiger partial charge < -0.3 is 0 Å².